The van der Waals surface area contributed by atoms with Gasteiger partial charge in [-0.05, 0) is 32.6 Å². The lowest BCUT2D eigenvalue weighted by Crippen LogP contribution is -2.54. The molecule has 2 rings (SSSR count). The first kappa shape index (κ1) is 17.2. The van der Waals surface area contributed by atoms with Crippen molar-refractivity contribution < 1.29 is 24.3 Å². The van der Waals surface area contributed by atoms with Crippen LogP contribution < -0.4 is 5.32 Å². The maximum Gasteiger partial charge on any atom is 0.326 e. The van der Waals surface area contributed by atoms with E-state index in [1.807, 2.05) is 0 Å². The molecule has 2 aliphatic rings. The minimum Gasteiger partial charge on any atom is -0.480 e. The number of aliphatic carboxylic acids is 1. The van der Waals surface area contributed by atoms with Gasteiger partial charge < -0.3 is 20.2 Å². The van der Waals surface area contributed by atoms with Crippen molar-refractivity contribution in [3.63, 3.8) is 0 Å². The standard InChI is InChI=1S/C15H23N3O5/c1-9(16-10(2)19)13(20)17-7-3-5-11(17)14(21)18-8-4-6-12(18)15(22)23/h9,11-12H,3-8H2,1-2H3,(H,16,19)(H,22,23)/t9-,11-,12-/m0/s1. The van der Waals surface area contributed by atoms with Crippen molar-refractivity contribution in [2.45, 2.75) is 57.7 Å². The molecular weight excluding hydrogens is 302 g/mol. The van der Waals surface area contributed by atoms with Gasteiger partial charge in [-0.3, -0.25) is 14.4 Å². The summed E-state index contributed by atoms with van der Waals surface area (Å²) in [5.74, 6) is -1.91. The number of carbonyl (C=O) groups excluding carboxylic acids is 3. The third kappa shape index (κ3) is 3.62. The quantitative estimate of drug-likeness (QED) is 0.730. The van der Waals surface area contributed by atoms with Crippen LogP contribution in [0.3, 0.4) is 0 Å². The minimum atomic E-state index is -1.00. The number of rotatable bonds is 4. The molecule has 0 bridgehead atoms. The molecule has 0 unspecified atom stereocenters. The molecule has 23 heavy (non-hydrogen) atoms. The molecule has 2 aliphatic heterocycles. The third-order valence-electron chi connectivity index (χ3n) is 4.43. The number of carboxylic acid groups (broad SMARTS) is 1. The highest BCUT2D eigenvalue weighted by Crippen LogP contribution is 2.25. The Morgan fingerprint density at radius 2 is 1.61 bits per heavy atom. The van der Waals surface area contributed by atoms with E-state index in [1.54, 1.807) is 6.92 Å². The van der Waals surface area contributed by atoms with Crippen LogP contribution >= 0.6 is 0 Å². The first-order valence-electron chi connectivity index (χ1n) is 7.93. The topological polar surface area (TPSA) is 107 Å². The normalized spacial score (nSPS) is 25.3. The van der Waals surface area contributed by atoms with Gasteiger partial charge in [-0.2, -0.15) is 0 Å². The Bertz CT molecular complexity index is 521. The number of hydrogen-bond donors (Lipinski definition) is 2. The molecule has 0 aromatic carbocycles. The Morgan fingerprint density at radius 1 is 1.04 bits per heavy atom. The lowest BCUT2D eigenvalue weighted by atomic mass is 10.1. The lowest BCUT2D eigenvalue weighted by molar-refractivity contribution is -0.152. The first-order chi connectivity index (χ1) is 10.8. The summed E-state index contributed by atoms with van der Waals surface area (Å²) in [5.41, 5.74) is 0. The van der Waals surface area contributed by atoms with Crippen LogP contribution in [-0.4, -0.2) is 69.8 Å². The van der Waals surface area contributed by atoms with Crippen LogP contribution in [0.5, 0.6) is 0 Å². The Hall–Kier alpha value is -2.12. The van der Waals surface area contributed by atoms with Crippen LogP contribution in [-0.2, 0) is 19.2 Å². The van der Waals surface area contributed by atoms with Gasteiger partial charge >= 0.3 is 5.97 Å². The summed E-state index contributed by atoms with van der Waals surface area (Å²) in [4.78, 5) is 50.4. The van der Waals surface area contributed by atoms with Crippen molar-refractivity contribution in [3.8, 4) is 0 Å². The number of nitrogens with zero attached hydrogens (tertiary/aromatic N) is 2. The number of amides is 3. The second kappa shape index (κ2) is 6.97. The summed E-state index contributed by atoms with van der Waals surface area (Å²) in [5, 5.41) is 11.7. The maximum atomic E-state index is 12.7. The zero-order chi connectivity index (χ0) is 17.1. The average molecular weight is 325 g/mol. The molecule has 0 aromatic rings. The molecule has 0 radical (unpaired) electrons. The summed E-state index contributed by atoms with van der Waals surface area (Å²) in [7, 11) is 0. The van der Waals surface area contributed by atoms with E-state index in [0.717, 1.165) is 0 Å². The van der Waals surface area contributed by atoms with Crippen molar-refractivity contribution in [1.82, 2.24) is 15.1 Å². The summed E-state index contributed by atoms with van der Waals surface area (Å²) >= 11 is 0. The molecule has 2 saturated heterocycles. The molecular formula is C15H23N3O5. The van der Waals surface area contributed by atoms with Gasteiger partial charge in [0.1, 0.15) is 18.1 Å². The summed E-state index contributed by atoms with van der Waals surface area (Å²) in [6.07, 6.45) is 2.33. The van der Waals surface area contributed by atoms with Gasteiger partial charge in [0, 0.05) is 20.0 Å². The summed E-state index contributed by atoms with van der Waals surface area (Å²) < 4.78 is 0. The molecule has 0 aliphatic carbocycles. The zero-order valence-electron chi connectivity index (χ0n) is 13.4. The number of carboxylic acids is 1. The first-order valence-corrected chi connectivity index (χ1v) is 7.93. The Labute approximate surface area is 134 Å². The van der Waals surface area contributed by atoms with E-state index in [9.17, 15) is 24.3 Å². The molecule has 0 aromatic heterocycles. The van der Waals surface area contributed by atoms with Crippen LogP contribution in [0.1, 0.15) is 39.5 Å². The van der Waals surface area contributed by atoms with Crippen LogP contribution in [0.25, 0.3) is 0 Å². The molecule has 8 heteroatoms. The maximum absolute atomic E-state index is 12.7. The van der Waals surface area contributed by atoms with Crippen LogP contribution in [0.15, 0.2) is 0 Å². The second-order valence-corrected chi connectivity index (χ2v) is 6.14. The van der Waals surface area contributed by atoms with Gasteiger partial charge in [0.05, 0.1) is 0 Å². The lowest BCUT2D eigenvalue weighted by Gasteiger charge is -2.31. The molecule has 2 heterocycles. The summed E-state index contributed by atoms with van der Waals surface area (Å²) in [6.45, 7) is 3.78. The van der Waals surface area contributed by atoms with Gasteiger partial charge in [-0.1, -0.05) is 0 Å². The molecule has 3 amide bonds. The minimum absolute atomic E-state index is 0.296. The van der Waals surface area contributed by atoms with Gasteiger partial charge in [0.2, 0.25) is 17.7 Å². The van der Waals surface area contributed by atoms with Crippen molar-refractivity contribution in [2.24, 2.45) is 0 Å². The molecule has 2 N–H and O–H groups in total. The van der Waals surface area contributed by atoms with E-state index in [2.05, 4.69) is 5.32 Å². The van der Waals surface area contributed by atoms with Gasteiger partial charge in [0.15, 0.2) is 0 Å². The fraction of sp³-hybridized carbons (Fsp3) is 0.733. The molecule has 0 saturated carbocycles. The van der Waals surface area contributed by atoms with E-state index >= 15 is 0 Å². The van der Waals surface area contributed by atoms with E-state index in [-0.39, 0.29) is 17.7 Å². The highest BCUT2D eigenvalue weighted by molar-refractivity contribution is 5.93. The number of nitrogens with one attached hydrogen (secondary N) is 1. The Kier molecular flexibility index (Phi) is 5.23. The van der Waals surface area contributed by atoms with E-state index in [0.29, 0.717) is 38.8 Å². The highest BCUT2D eigenvalue weighted by Gasteiger charge is 2.42. The number of likely N-dealkylation sites (tertiary alicyclic amines) is 2. The van der Waals surface area contributed by atoms with Gasteiger partial charge in [-0.25, -0.2) is 4.79 Å². The SMILES string of the molecule is CC(=O)N[C@@H](C)C(=O)N1CCC[C@H]1C(=O)N1CCC[C@H]1C(=O)O. The number of hydrogen-bond acceptors (Lipinski definition) is 4. The smallest absolute Gasteiger partial charge is 0.326 e. The number of carbonyl (C=O) groups is 4. The predicted octanol–water partition coefficient (Wildman–Crippen LogP) is -0.422. The van der Waals surface area contributed by atoms with Crippen molar-refractivity contribution in [2.75, 3.05) is 13.1 Å². The second-order valence-electron chi connectivity index (χ2n) is 6.14. The molecule has 128 valence electrons. The van der Waals surface area contributed by atoms with Crippen LogP contribution in [0, 0.1) is 0 Å². The Morgan fingerprint density at radius 3 is 2.17 bits per heavy atom. The average Bonchev–Trinajstić information content (AvgIpc) is 3.13. The third-order valence-corrected chi connectivity index (χ3v) is 4.43. The highest BCUT2D eigenvalue weighted by atomic mass is 16.4. The monoisotopic (exact) mass is 325 g/mol. The van der Waals surface area contributed by atoms with Crippen molar-refractivity contribution >= 4 is 23.7 Å². The summed E-state index contributed by atoms with van der Waals surface area (Å²) in [6, 6.07) is -2.12. The van der Waals surface area contributed by atoms with E-state index in [4.69, 9.17) is 0 Å². The fourth-order valence-corrected chi connectivity index (χ4v) is 3.38. The van der Waals surface area contributed by atoms with Gasteiger partial charge in [0.25, 0.3) is 0 Å². The fourth-order valence-electron chi connectivity index (χ4n) is 3.38. The molecule has 0 spiro atoms. The largest absolute Gasteiger partial charge is 0.480 e. The zero-order valence-corrected chi connectivity index (χ0v) is 13.4. The Balaban J connectivity index is 2.09. The van der Waals surface area contributed by atoms with Crippen LogP contribution in [0.2, 0.25) is 0 Å². The van der Waals surface area contributed by atoms with Crippen molar-refractivity contribution in [1.29, 1.82) is 0 Å². The molecule has 3 atom stereocenters. The van der Waals surface area contributed by atoms with E-state index < -0.39 is 24.1 Å². The van der Waals surface area contributed by atoms with Crippen LogP contribution in [0.4, 0.5) is 0 Å². The van der Waals surface area contributed by atoms with E-state index in [1.165, 1.54) is 16.7 Å². The van der Waals surface area contributed by atoms with Gasteiger partial charge in [-0.15, -0.1) is 0 Å². The molecule has 8 nitrogen and oxygen atoms in total. The van der Waals surface area contributed by atoms with Crippen molar-refractivity contribution in [3.05, 3.63) is 0 Å². The molecule has 2 fully saturated rings. The predicted molar refractivity (Wildman–Crippen MR) is 80.4 cm³/mol.